The van der Waals surface area contributed by atoms with Crippen LogP contribution in [0.5, 0.6) is 0 Å². The lowest BCUT2D eigenvalue weighted by Crippen LogP contribution is -2.56. The molecule has 3 aliphatic rings. The number of hydrogen-bond acceptors (Lipinski definition) is 9. The number of aromatic nitrogens is 4. The number of thiophene rings is 1. The van der Waals surface area contributed by atoms with Gasteiger partial charge in [-0.3, -0.25) is 10.00 Å². The molecule has 40 heavy (non-hydrogen) atoms. The lowest BCUT2D eigenvalue weighted by Gasteiger charge is -2.42. The van der Waals surface area contributed by atoms with Crippen LogP contribution in [0.1, 0.15) is 30.6 Å². The van der Waals surface area contributed by atoms with E-state index in [9.17, 15) is 8.42 Å². The molecule has 1 atom stereocenters. The number of anilines is 1. The Morgan fingerprint density at radius 3 is 2.73 bits per heavy atom. The number of ether oxygens (including phenoxy) is 1. The molecule has 0 radical (unpaired) electrons. The molecular weight excluding hydrogens is 546 g/mol. The second-order valence-electron chi connectivity index (χ2n) is 11.3. The first-order valence-corrected chi connectivity index (χ1v) is 16.9. The summed E-state index contributed by atoms with van der Waals surface area (Å²) < 4.78 is 33.7. The molecule has 2 saturated heterocycles. The predicted octanol–water partition coefficient (Wildman–Crippen LogP) is 3.71. The normalized spacial score (nSPS) is 22.1. The van der Waals surface area contributed by atoms with Crippen molar-refractivity contribution >= 4 is 48.3 Å². The standard InChI is InChI=1S/C28H35N7O3S2/c1-40(36,37)35-10-9-33(18-25(35)19-5-2-3-6-19)17-20-15-24-26(39-20)28(34-11-13-38-14-12-34)31-27(30-24)21-7-4-8-23-22(21)16-29-32-23/h4,7-8,15-16,19,25H,2-3,5-6,9-14,17-18H2,1H3,(H,29,32). The lowest BCUT2D eigenvalue weighted by atomic mass is 9.96. The Balaban J connectivity index is 1.22. The number of benzene rings is 1. The van der Waals surface area contributed by atoms with Gasteiger partial charge in [-0.25, -0.2) is 18.4 Å². The van der Waals surface area contributed by atoms with Crippen molar-refractivity contribution in [1.82, 2.24) is 29.4 Å². The first-order valence-electron chi connectivity index (χ1n) is 14.2. The Labute approximate surface area is 238 Å². The summed E-state index contributed by atoms with van der Waals surface area (Å²) in [6.07, 6.45) is 7.85. The van der Waals surface area contributed by atoms with Crippen molar-refractivity contribution < 1.29 is 13.2 Å². The molecule has 7 rings (SSSR count). The van der Waals surface area contributed by atoms with Crippen LogP contribution in [-0.2, 0) is 21.3 Å². The molecule has 1 saturated carbocycles. The summed E-state index contributed by atoms with van der Waals surface area (Å²) in [7, 11) is -3.22. The molecule has 4 aromatic rings. The SMILES string of the molecule is CS(=O)(=O)N1CCN(Cc2cc3nc(-c4cccc5[nH]ncc45)nc(N4CCOCC4)c3s2)CC1C1CCCC1. The second-order valence-corrected chi connectivity index (χ2v) is 14.3. The molecule has 0 amide bonds. The average molecular weight is 582 g/mol. The van der Waals surface area contributed by atoms with Crippen LogP contribution < -0.4 is 4.90 Å². The number of aromatic amines is 1. The fourth-order valence-corrected chi connectivity index (χ4v) is 8.97. The summed E-state index contributed by atoms with van der Waals surface area (Å²) in [4.78, 5) is 16.2. The van der Waals surface area contributed by atoms with Crippen LogP contribution in [0.3, 0.4) is 0 Å². The van der Waals surface area contributed by atoms with Crippen LogP contribution in [0.2, 0.25) is 0 Å². The third-order valence-corrected chi connectivity index (χ3v) is 11.1. The number of nitrogens with one attached hydrogen (secondary N) is 1. The average Bonchev–Trinajstić information content (AvgIpc) is 3.73. The van der Waals surface area contributed by atoms with E-state index in [0.717, 1.165) is 78.1 Å². The maximum absolute atomic E-state index is 12.6. The number of H-pyrrole nitrogens is 1. The number of nitrogens with zero attached hydrogens (tertiary/aromatic N) is 6. The first-order chi connectivity index (χ1) is 19.4. The van der Waals surface area contributed by atoms with Crippen LogP contribution in [0.4, 0.5) is 5.82 Å². The molecule has 0 bridgehead atoms. The minimum absolute atomic E-state index is 0.0615. The van der Waals surface area contributed by atoms with Gasteiger partial charge in [-0.2, -0.15) is 9.40 Å². The van der Waals surface area contributed by atoms with E-state index >= 15 is 0 Å². The van der Waals surface area contributed by atoms with Gasteiger partial charge < -0.3 is 9.64 Å². The van der Waals surface area contributed by atoms with Crippen molar-refractivity contribution in [1.29, 1.82) is 0 Å². The minimum Gasteiger partial charge on any atom is -0.378 e. The molecule has 10 nitrogen and oxygen atoms in total. The fraction of sp³-hybridized carbons (Fsp3) is 0.536. The highest BCUT2D eigenvalue weighted by molar-refractivity contribution is 7.88. The molecule has 1 aliphatic carbocycles. The molecular formula is C28H35N7O3S2. The van der Waals surface area contributed by atoms with Gasteiger partial charge in [-0.1, -0.05) is 25.0 Å². The summed E-state index contributed by atoms with van der Waals surface area (Å²) in [6.45, 7) is 5.82. The third-order valence-electron chi connectivity index (χ3n) is 8.64. The van der Waals surface area contributed by atoms with Gasteiger partial charge in [-0.15, -0.1) is 11.3 Å². The van der Waals surface area contributed by atoms with Crippen LogP contribution >= 0.6 is 11.3 Å². The quantitative estimate of drug-likeness (QED) is 0.367. The zero-order valence-corrected chi connectivity index (χ0v) is 24.4. The fourth-order valence-electron chi connectivity index (χ4n) is 6.67. The Kier molecular flexibility index (Phi) is 6.99. The van der Waals surface area contributed by atoms with Crippen LogP contribution in [0, 0.1) is 5.92 Å². The molecule has 5 heterocycles. The summed E-state index contributed by atoms with van der Waals surface area (Å²) in [5.41, 5.74) is 2.88. The van der Waals surface area contributed by atoms with Crippen molar-refractivity contribution in [3.8, 4) is 11.4 Å². The van der Waals surface area contributed by atoms with Gasteiger partial charge in [0.1, 0.15) is 0 Å². The zero-order valence-electron chi connectivity index (χ0n) is 22.8. The van der Waals surface area contributed by atoms with E-state index in [-0.39, 0.29) is 6.04 Å². The Morgan fingerprint density at radius 1 is 1.10 bits per heavy atom. The van der Waals surface area contributed by atoms with E-state index in [4.69, 9.17) is 14.7 Å². The van der Waals surface area contributed by atoms with Crippen molar-refractivity contribution in [3.63, 3.8) is 0 Å². The molecule has 212 valence electrons. The first kappa shape index (κ1) is 26.3. The summed E-state index contributed by atoms with van der Waals surface area (Å²) in [5, 5.41) is 8.29. The van der Waals surface area contributed by atoms with Crippen LogP contribution in [-0.4, -0.2) is 96.0 Å². The van der Waals surface area contributed by atoms with E-state index in [1.54, 1.807) is 15.6 Å². The van der Waals surface area contributed by atoms with Crippen molar-refractivity contribution in [3.05, 3.63) is 35.3 Å². The van der Waals surface area contributed by atoms with Gasteiger partial charge in [0.2, 0.25) is 10.0 Å². The highest BCUT2D eigenvalue weighted by atomic mass is 32.2. The topological polar surface area (TPSA) is 108 Å². The molecule has 1 unspecified atom stereocenters. The maximum atomic E-state index is 12.6. The smallest absolute Gasteiger partial charge is 0.211 e. The van der Waals surface area contributed by atoms with Gasteiger partial charge in [0.25, 0.3) is 0 Å². The second kappa shape index (κ2) is 10.6. The lowest BCUT2D eigenvalue weighted by molar-refractivity contribution is 0.0965. The number of piperazine rings is 1. The molecule has 2 aliphatic heterocycles. The van der Waals surface area contributed by atoms with E-state index in [1.807, 2.05) is 18.3 Å². The number of morpholine rings is 1. The Morgan fingerprint density at radius 2 is 1.93 bits per heavy atom. The maximum Gasteiger partial charge on any atom is 0.211 e. The van der Waals surface area contributed by atoms with E-state index < -0.39 is 10.0 Å². The van der Waals surface area contributed by atoms with Gasteiger partial charge in [0.05, 0.1) is 41.4 Å². The summed E-state index contributed by atoms with van der Waals surface area (Å²) in [6, 6.07) is 8.34. The highest BCUT2D eigenvalue weighted by Crippen LogP contribution is 2.38. The number of hydrogen-bond donors (Lipinski definition) is 1. The summed E-state index contributed by atoms with van der Waals surface area (Å²) >= 11 is 1.76. The summed E-state index contributed by atoms with van der Waals surface area (Å²) in [5.74, 6) is 2.12. The van der Waals surface area contributed by atoms with Gasteiger partial charge in [0, 0.05) is 61.1 Å². The van der Waals surface area contributed by atoms with Crippen LogP contribution in [0.25, 0.3) is 32.5 Å². The highest BCUT2D eigenvalue weighted by Gasteiger charge is 2.38. The molecule has 0 spiro atoms. The van der Waals surface area contributed by atoms with Gasteiger partial charge >= 0.3 is 0 Å². The number of rotatable bonds is 6. The third kappa shape index (κ3) is 5.00. The molecule has 3 fully saturated rings. The Bertz CT molecular complexity index is 1620. The van der Waals surface area contributed by atoms with E-state index in [2.05, 4.69) is 32.1 Å². The van der Waals surface area contributed by atoms with Gasteiger partial charge in [0.15, 0.2) is 11.6 Å². The largest absolute Gasteiger partial charge is 0.378 e. The van der Waals surface area contributed by atoms with E-state index in [0.29, 0.717) is 31.5 Å². The molecule has 1 N–H and O–H groups in total. The number of sulfonamides is 1. The van der Waals surface area contributed by atoms with Crippen molar-refractivity contribution in [2.24, 2.45) is 5.92 Å². The molecule has 1 aromatic carbocycles. The molecule has 12 heteroatoms. The minimum atomic E-state index is -3.22. The zero-order chi connectivity index (χ0) is 27.3. The van der Waals surface area contributed by atoms with E-state index in [1.165, 1.54) is 24.0 Å². The van der Waals surface area contributed by atoms with Crippen molar-refractivity contribution in [2.45, 2.75) is 38.3 Å². The number of fused-ring (bicyclic) bond motifs is 2. The predicted molar refractivity (Wildman–Crippen MR) is 158 cm³/mol. The van der Waals surface area contributed by atoms with Crippen molar-refractivity contribution in [2.75, 3.05) is 57.1 Å². The monoisotopic (exact) mass is 581 g/mol. The van der Waals surface area contributed by atoms with Gasteiger partial charge in [-0.05, 0) is 30.9 Å². The van der Waals surface area contributed by atoms with Crippen LogP contribution in [0.15, 0.2) is 30.5 Å². The molecule has 3 aromatic heterocycles. The Hall–Kier alpha value is -2.64.